The first-order valence-electron chi connectivity index (χ1n) is 5.92. The van der Waals surface area contributed by atoms with Gasteiger partial charge in [0.1, 0.15) is 0 Å². The molecule has 0 radical (unpaired) electrons. The topological polar surface area (TPSA) is 29.5 Å². The first-order valence-corrected chi connectivity index (χ1v) is 5.92. The number of rotatable bonds is 1. The van der Waals surface area contributed by atoms with Crippen molar-refractivity contribution in [3.8, 4) is 0 Å². The molecule has 0 aromatic heterocycles. The fourth-order valence-electron chi connectivity index (χ4n) is 2.93. The molecular formula is C12H22O2. The van der Waals surface area contributed by atoms with Crippen LogP contribution in [0.3, 0.4) is 0 Å². The van der Waals surface area contributed by atoms with Crippen LogP contribution in [-0.2, 0) is 4.74 Å². The predicted octanol–water partition coefficient (Wildman–Crippen LogP) is 2.21. The molecule has 4 atom stereocenters. The highest BCUT2D eigenvalue weighted by Gasteiger charge is 2.42. The Morgan fingerprint density at radius 2 is 2.00 bits per heavy atom. The van der Waals surface area contributed by atoms with Crippen LogP contribution >= 0.6 is 0 Å². The molecule has 0 aromatic carbocycles. The molecule has 0 amide bonds. The standard InChI is InChI=1S/C12H22O2/c1-9-3-4-11(7-10(9)2)12(13)5-6-14-8-12/h9-11,13H,3-8H2,1-2H3. The quantitative estimate of drug-likeness (QED) is 0.700. The van der Waals surface area contributed by atoms with Gasteiger partial charge in [0.2, 0.25) is 0 Å². The van der Waals surface area contributed by atoms with Gasteiger partial charge in [-0.05, 0) is 30.6 Å². The van der Waals surface area contributed by atoms with Crippen LogP contribution in [0.15, 0.2) is 0 Å². The Labute approximate surface area is 86.6 Å². The highest BCUT2D eigenvalue weighted by atomic mass is 16.5. The van der Waals surface area contributed by atoms with Gasteiger partial charge in [0.05, 0.1) is 12.2 Å². The van der Waals surface area contributed by atoms with Gasteiger partial charge in [0.25, 0.3) is 0 Å². The van der Waals surface area contributed by atoms with Crippen LogP contribution in [0.1, 0.15) is 39.5 Å². The second-order valence-corrected chi connectivity index (χ2v) is 5.37. The van der Waals surface area contributed by atoms with E-state index in [1.807, 2.05) is 0 Å². The van der Waals surface area contributed by atoms with Crippen LogP contribution in [0.2, 0.25) is 0 Å². The van der Waals surface area contributed by atoms with Gasteiger partial charge in [-0.3, -0.25) is 0 Å². The molecule has 0 spiro atoms. The average molecular weight is 198 g/mol. The Kier molecular flexibility index (Phi) is 2.85. The summed E-state index contributed by atoms with van der Waals surface area (Å²) in [5.74, 6) is 2.08. The summed E-state index contributed by atoms with van der Waals surface area (Å²) >= 11 is 0. The third-order valence-corrected chi connectivity index (χ3v) is 4.39. The van der Waals surface area contributed by atoms with Crippen molar-refractivity contribution in [2.24, 2.45) is 17.8 Å². The van der Waals surface area contributed by atoms with E-state index in [-0.39, 0.29) is 0 Å². The predicted molar refractivity (Wildman–Crippen MR) is 56.1 cm³/mol. The summed E-state index contributed by atoms with van der Waals surface area (Å²) in [6.45, 7) is 5.96. The van der Waals surface area contributed by atoms with E-state index < -0.39 is 5.60 Å². The molecule has 4 unspecified atom stereocenters. The molecule has 2 rings (SSSR count). The maximum atomic E-state index is 10.4. The fraction of sp³-hybridized carbons (Fsp3) is 1.00. The van der Waals surface area contributed by atoms with Gasteiger partial charge < -0.3 is 9.84 Å². The van der Waals surface area contributed by atoms with Crippen molar-refractivity contribution >= 4 is 0 Å². The summed E-state index contributed by atoms with van der Waals surface area (Å²) < 4.78 is 5.33. The summed E-state index contributed by atoms with van der Waals surface area (Å²) in [5.41, 5.74) is -0.492. The molecule has 1 aliphatic heterocycles. The molecule has 2 nitrogen and oxygen atoms in total. The monoisotopic (exact) mass is 198 g/mol. The molecule has 82 valence electrons. The first-order chi connectivity index (χ1) is 6.62. The van der Waals surface area contributed by atoms with E-state index in [1.54, 1.807) is 0 Å². The third-order valence-electron chi connectivity index (χ3n) is 4.39. The largest absolute Gasteiger partial charge is 0.387 e. The lowest BCUT2D eigenvalue weighted by molar-refractivity contribution is -0.0504. The zero-order chi connectivity index (χ0) is 10.2. The summed E-state index contributed by atoms with van der Waals surface area (Å²) in [4.78, 5) is 0. The van der Waals surface area contributed by atoms with Gasteiger partial charge in [-0.25, -0.2) is 0 Å². The van der Waals surface area contributed by atoms with Crippen molar-refractivity contribution in [3.63, 3.8) is 0 Å². The van der Waals surface area contributed by atoms with Crippen LogP contribution in [0.5, 0.6) is 0 Å². The number of ether oxygens (including phenoxy) is 1. The lowest BCUT2D eigenvalue weighted by Gasteiger charge is -2.39. The average Bonchev–Trinajstić information content (AvgIpc) is 2.58. The normalized spacial score (nSPS) is 49.5. The fourth-order valence-corrected chi connectivity index (χ4v) is 2.93. The zero-order valence-corrected chi connectivity index (χ0v) is 9.33. The molecule has 1 saturated heterocycles. The molecule has 2 aliphatic rings. The molecule has 2 heteroatoms. The molecule has 1 aliphatic carbocycles. The lowest BCUT2D eigenvalue weighted by atomic mass is 9.69. The smallest absolute Gasteiger partial charge is 0.0930 e. The van der Waals surface area contributed by atoms with Crippen molar-refractivity contribution in [3.05, 3.63) is 0 Å². The number of aliphatic hydroxyl groups is 1. The minimum Gasteiger partial charge on any atom is -0.387 e. The summed E-state index contributed by atoms with van der Waals surface area (Å²) in [7, 11) is 0. The maximum absolute atomic E-state index is 10.4. The minimum absolute atomic E-state index is 0.483. The molecule has 0 aromatic rings. The SMILES string of the molecule is CC1CCC(C2(O)CCOC2)CC1C. The summed E-state index contributed by atoms with van der Waals surface area (Å²) in [6, 6.07) is 0. The molecule has 1 heterocycles. The van der Waals surface area contributed by atoms with E-state index in [9.17, 15) is 5.11 Å². The van der Waals surface area contributed by atoms with E-state index >= 15 is 0 Å². The number of hydrogen-bond donors (Lipinski definition) is 1. The lowest BCUT2D eigenvalue weighted by Crippen LogP contribution is -2.42. The number of hydrogen-bond acceptors (Lipinski definition) is 2. The van der Waals surface area contributed by atoms with E-state index in [4.69, 9.17) is 4.74 Å². The van der Waals surface area contributed by atoms with Gasteiger partial charge in [-0.15, -0.1) is 0 Å². The van der Waals surface area contributed by atoms with Crippen molar-refractivity contribution in [1.82, 2.24) is 0 Å². The zero-order valence-electron chi connectivity index (χ0n) is 9.33. The highest BCUT2D eigenvalue weighted by Crippen LogP contribution is 2.41. The van der Waals surface area contributed by atoms with E-state index in [0.717, 1.165) is 24.9 Å². The van der Waals surface area contributed by atoms with Gasteiger partial charge in [0.15, 0.2) is 0 Å². The summed E-state index contributed by atoms with van der Waals surface area (Å²) in [6.07, 6.45) is 4.49. The first kappa shape index (κ1) is 10.4. The van der Waals surface area contributed by atoms with Crippen LogP contribution in [0.25, 0.3) is 0 Å². The molecule has 14 heavy (non-hydrogen) atoms. The highest BCUT2D eigenvalue weighted by molar-refractivity contribution is 4.93. The molecule has 1 N–H and O–H groups in total. The Morgan fingerprint density at radius 3 is 2.57 bits per heavy atom. The maximum Gasteiger partial charge on any atom is 0.0930 e. The second kappa shape index (κ2) is 3.82. The molecule has 0 bridgehead atoms. The van der Waals surface area contributed by atoms with Gasteiger partial charge in [-0.2, -0.15) is 0 Å². The van der Waals surface area contributed by atoms with Crippen molar-refractivity contribution < 1.29 is 9.84 Å². The second-order valence-electron chi connectivity index (χ2n) is 5.37. The Hall–Kier alpha value is -0.0800. The summed E-state index contributed by atoms with van der Waals surface area (Å²) in [5, 5.41) is 10.4. The van der Waals surface area contributed by atoms with E-state index in [2.05, 4.69) is 13.8 Å². The molecular weight excluding hydrogens is 176 g/mol. The Balaban J connectivity index is 1.98. The van der Waals surface area contributed by atoms with E-state index in [1.165, 1.54) is 19.3 Å². The van der Waals surface area contributed by atoms with Gasteiger partial charge in [-0.1, -0.05) is 20.3 Å². The van der Waals surface area contributed by atoms with Crippen LogP contribution in [0, 0.1) is 17.8 Å². The van der Waals surface area contributed by atoms with Crippen molar-refractivity contribution in [2.45, 2.75) is 45.1 Å². The van der Waals surface area contributed by atoms with Crippen molar-refractivity contribution in [1.29, 1.82) is 0 Å². The van der Waals surface area contributed by atoms with Crippen LogP contribution in [-0.4, -0.2) is 23.9 Å². The Bertz CT molecular complexity index is 196. The van der Waals surface area contributed by atoms with Crippen LogP contribution in [0.4, 0.5) is 0 Å². The van der Waals surface area contributed by atoms with Crippen LogP contribution < -0.4 is 0 Å². The minimum atomic E-state index is -0.492. The third kappa shape index (κ3) is 1.82. The van der Waals surface area contributed by atoms with Gasteiger partial charge >= 0.3 is 0 Å². The molecule has 1 saturated carbocycles. The Morgan fingerprint density at radius 1 is 1.21 bits per heavy atom. The molecule has 2 fully saturated rings. The van der Waals surface area contributed by atoms with E-state index in [0.29, 0.717) is 12.5 Å². The van der Waals surface area contributed by atoms with Crippen molar-refractivity contribution in [2.75, 3.05) is 13.2 Å². The van der Waals surface area contributed by atoms with Gasteiger partial charge in [0, 0.05) is 13.0 Å².